The lowest BCUT2D eigenvalue weighted by atomic mass is 10.0. The third kappa shape index (κ3) is 3.45. The number of carbonyl (C=O) groups excluding carboxylic acids is 1. The van der Waals surface area contributed by atoms with Crippen molar-refractivity contribution in [3.05, 3.63) is 0 Å². The lowest BCUT2D eigenvalue weighted by Gasteiger charge is -2.13. The van der Waals surface area contributed by atoms with Gasteiger partial charge in [-0.1, -0.05) is 13.8 Å². The number of hydrogen-bond acceptors (Lipinski definition) is 2. The fraction of sp³-hybridized carbons (Fsp3) is 0.857. The van der Waals surface area contributed by atoms with Crippen LogP contribution in [-0.4, -0.2) is 19.0 Å². The second-order valence-electron chi connectivity index (χ2n) is 2.79. The van der Waals surface area contributed by atoms with E-state index in [4.69, 9.17) is 5.73 Å². The number of nitrogens with one attached hydrogen (secondary N) is 1. The first-order valence-electron chi connectivity index (χ1n) is 3.54. The summed E-state index contributed by atoms with van der Waals surface area (Å²) in [5.41, 5.74) is 5.63. The Bertz CT molecular complexity index is 112. The molecule has 0 saturated carbocycles. The second-order valence-corrected chi connectivity index (χ2v) is 2.79. The van der Waals surface area contributed by atoms with Crippen molar-refractivity contribution in [2.45, 2.75) is 26.3 Å². The van der Waals surface area contributed by atoms with E-state index < -0.39 is 0 Å². The van der Waals surface area contributed by atoms with E-state index in [1.54, 1.807) is 7.05 Å². The van der Waals surface area contributed by atoms with Gasteiger partial charge in [-0.2, -0.15) is 0 Å². The predicted octanol–water partition coefficient (Wildman–Crippen LogP) is 0.106. The molecule has 0 rings (SSSR count). The van der Waals surface area contributed by atoms with E-state index in [1.165, 1.54) is 0 Å². The molecule has 3 heteroatoms. The number of nitrogens with two attached hydrogens (primary N) is 1. The number of amides is 1. The van der Waals surface area contributed by atoms with Crippen LogP contribution >= 0.6 is 0 Å². The van der Waals surface area contributed by atoms with E-state index in [2.05, 4.69) is 5.32 Å². The highest BCUT2D eigenvalue weighted by molar-refractivity contribution is 5.76. The molecule has 0 saturated heterocycles. The average molecular weight is 144 g/mol. The molecule has 60 valence electrons. The summed E-state index contributed by atoms with van der Waals surface area (Å²) in [7, 11) is 1.62. The molecule has 0 aromatic heterocycles. The molecule has 0 aromatic rings. The maximum absolute atomic E-state index is 10.7. The van der Waals surface area contributed by atoms with Crippen molar-refractivity contribution in [3.63, 3.8) is 0 Å². The summed E-state index contributed by atoms with van der Waals surface area (Å²) < 4.78 is 0. The van der Waals surface area contributed by atoms with Crippen LogP contribution in [0.15, 0.2) is 0 Å². The van der Waals surface area contributed by atoms with Gasteiger partial charge >= 0.3 is 0 Å². The van der Waals surface area contributed by atoms with Gasteiger partial charge < -0.3 is 11.1 Å². The zero-order valence-electron chi connectivity index (χ0n) is 6.85. The minimum absolute atomic E-state index is 0.0139. The third-order valence-corrected chi connectivity index (χ3v) is 1.56. The van der Waals surface area contributed by atoms with Crippen LogP contribution in [0.1, 0.15) is 20.3 Å². The molecular formula is C7H16N2O. The van der Waals surface area contributed by atoms with Crippen molar-refractivity contribution in [3.8, 4) is 0 Å². The summed E-state index contributed by atoms with van der Waals surface area (Å²) in [6.45, 7) is 4.02. The van der Waals surface area contributed by atoms with Crippen molar-refractivity contribution >= 4 is 5.91 Å². The lowest BCUT2D eigenvalue weighted by Crippen LogP contribution is -2.33. The molecule has 0 aliphatic carbocycles. The molecule has 0 radical (unpaired) electrons. The molecule has 0 aliphatic rings. The Labute approximate surface area is 62.0 Å². The van der Waals surface area contributed by atoms with Crippen LogP contribution in [0.4, 0.5) is 0 Å². The number of hydrogen-bond donors (Lipinski definition) is 2. The topological polar surface area (TPSA) is 55.1 Å². The van der Waals surface area contributed by atoms with Crippen molar-refractivity contribution in [2.24, 2.45) is 11.7 Å². The Morgan fingerprint density at radius 3 is 2.40 bits per heavy atom. The molecule has 0 aromatic carbocycles. The minimum Gasteiger partial charge on any atom is -0.359 e. The van der Waals surface area contributed by atoms with Gasteiger partial charge in [-0.05, 0) is 5.92 Å². The summed E-state index contributed by atoms with van der Waals surface area (Å²) in [4.78, 5) is 10.7. The Hall–Kier alpha value is -0.570. The molecule has 10 heavy (non-hydrogen) atoms. The lowest BCUT2D eigenvalue weighted by molar-refractivity contribution is -0.121. The number of carbonyl (C=O) groups is 1. The van der Waals surface area contributed by atoms with Gasteiger partial charge in [-0.3, -0.25) is 4.79 Å². The Kier molecular flexibility index (Phi) is 4.03. The summed E-state index contributed by atoms with van der Waals surface area (Å²) in [5, 5.41) is 2.53. The molecule has 0 fully saturated rings. The van der Waals surface area contributed by atoms with Crippen LogP contribution in [-0.2, 0) is 4.79 Å². The fourth-order valence-corrected chi connectivity index (χ4v) is 0.552. The van der Waals surface area contributed by atoms with Crippen molar-refractivity contribution in [1.82, 2.24) is 5.32 Å². The molecule has 1 amide bonds. The van der Waals surface area contributed by atoms with Gasteiger partial charge in [-0.25, -0.2) is 0 Å². The zero-order chi connectivity index (χ0) is 8.15. The molecule has 1 atom stereocenters. The minimum atomic E-state index is -0.0139. The van der Waals surface area contributed by atoms with Gasteiger partial charge in [-0.15, -0.1) is 0 Å². The molecule has 0 unspecified atom stereocenters. The maximum atomic E-state index is 10.7. The van der Waals surface area contributed by atoms with Gasteiger partial charge in [0.2, 0.25) is 5.91 Å². The van der Waals surface area contributed by atoms with Crippen LogP contribution in [0.5, 0.6) is 0 Å². The summed E-state index contributed by atoms with van der Waals surface area (Å²) in [5.74, 6) is 0.387. The Balaban J connectivity index is 3.57. The second kappa shape index (κ2) is 4.28. The Morgan fingerprint density at radius 1 is 1.60 bits per heavy atom. The molecule has 3 nitrogen and oxygen atoms in total. The highest BCUT2D eigenvalue weighted by atomic mass is 16.1. The SMILES string of the molecule is CNC(=O)C[C@@H](N)C(C)C. The van der Waals surface area contributed by atoms with E-state index in [9.17, 15) is 4.79 Å². The largest absolute Gasteiger partial charge is 0.359 e. The summed E-state index contributed by atoms with van der Waals surface area (Å²) in [6, 6.07) is -0.0139. The van der Waals surface area contributed by atoms with E-state index >= 15 is 0 Å². The first-order valence-corrected chi connectivity index (χ1v) is 3.54. The third-order valence-electron chi connectivity index (χ3n) is 1.56. The summed E-state index contributed by atoms with van der Waals surface area (Å²) in [6.07, 6.45) is 0.425. The van der Waals surface area contributed by atoms with Crippen LogP contribution in [0.3, 0.4) is 0 Å². The summed E-state index contributed by atoms with van der Waals surface area (Å²) >= 11 is 0. The van der Waals surface area contributed by atoms with Crippen molar-refractivity contribution in [1.29, 1.82) is 0 Å². The van der Waals surface area contributed by atoms with Gasteiger partial charge in [0.25, 0.3) is 0 Å². The maximum Gasteiger partial charge on any atom is 0.221 e. The van der Waals surface area contributed by atoms with Crippen LogP contribution in [0, 0.1) is 5.92 Å². The molecule has 0 heterocycles. The monoisotopic (exact) mass is 144 g/mol. The van der Waals surface area contributed by atoms with E-state index in [0.29, 0.717) is 12.3 Å². The van der Waals surface area contributed by atoms with Gasteiger partial charge in [0, 0.05) is 19.5 Å². The van der Waals surface area contributed by atoms with Gasteiger partial charge in [0.15, 0.2) is 0 Å². The van der Waals surface area contributed by atoms with Crippen LogP contribution in [0.2, 0.25) is 0 Å². The van der Waals surface area contributed by atoms with Crippen LogP contribution < -0.4 is 11.1 Å². The van der Waals surface area contributed by atoms with Crippen molar-refractivity contribution < 1.29 is 4.79 Å². The highest BCUT2D eigenvalue weighted by Gasteiger charge is 2.10. The first-order chi connectivity index (χ1) is 4.57. The predicted molar refractivity (Wildman–Crippen MR) is 41.5 cm³/mol. The molecule has 0 aliphatic heterocycles. The van der Waals surface area contributed by atoms with E-state index in [0.717, 1.165) is 0 Å². The first kappa shape index (κ1) is 9.43. The van der Waals surface area contributed by atoms with Crippen LogP contribution in [0.25, 0.3) is 0 Å². The zero-order valence-corrected chi connectivity index (χ0v) is 6.85. The molecule has 0 bridgehead atoms. The fourth-order valence-electron chi connectivity index (χ4n) is 0.552. The van der Waals surface area contributed by atoms with Gasteiger partial charge in [0.1, 0.15) is 0 Å². The quantitative estimate of drug-likeness (QED) is 0.590. The molecular weight excluding hydrogens is 128 g/mol. The molecule has 0 spiro atoms. The highest BCUT2D eigenvalue weighted by Crippen LogP contribution is 2.01. The van der Waals surface area contributed by atoms with E-state index in [1.807, 2.05) is 13.8 Å². The average Bonchev–Trinajstić information content (AvgIpc) is 1.87. The normalized spacial score (nSPS) is 13.3. The Morgan fingerprint density at radius 2 is 2.10 bits per heavy atom. The van der Waals surface area contributed by atoms with E-state index in [-0.39, 0.29) is 11.9 Å². The number of rotatable bonds is 3. The standard InChI is InChI=1S/C7H16N2O/c1-5(2)6(8)4-7(10)9-3/h5-6H,4,8H2,1-3H3,(H,9,10)/t6-/m1/s1. The van der Waals surface area contributed by atoms with Crippen molar-refractivity contribution in [2.75, 3.05) is 7.05 Å². The smallest absolute Gasteiger partial charge is 0.221 e. The van der Waals surface area contributed by atoms with Gasteiger partial charge in [0.05, 0.1) is 0 Å². The molecule has 3 N–H and O–H groups in total.